The summed E-state index contributed by atoms with van der Waals surface area (Å²) < 4.78 is 15.0. The molecule has 2 aromatic heterocycles. The summed E-state index contributed by atoms with van der Waals surface area (Å²) in [5.41, 5.74) is 5.76. The van der Waals surface area contributed by atoms with Crippen molar-refractivity contribution in [2.45, 2.75) is 13.3 Å². The number of rotatable bonds is 4. The zero-order valence-corrected chi connectivity index (χ0v) is 19.2. The van der Waals surface area contributed by atoms with Gasteiger partial charge in [0, 0.05) is 0 Å². The van der Waals surface area contributed by atoms with Crippen LogP contribution in [0.3, 0.4) is 0 Å². The van der Waals surface area contributed by atoms with Gasteiger partial charge in [0.1, 0.15) is 0 Å². The fourth-order valence-electron chi connectivity index (χ4n) is 4.20. The Hall–Kier alpha value is -2.51. The molecule has 3 nitrogen and oxygen atoms in total. The predicted molar refractivity (Wildman–Crippen MR) is 126 cm³/mol. The molecule has 0 aliphatic carbocycles. The van der Waals surface area contributed by atoms with Crippen molar-refractivity contribution in [3.05, 3.63) is 79.0 Å². The van der Waals surface area contributed by atoms with Crippen LogP contribution >= 0.6 is 7.14 Å². The first kappa shape index (κ1) is 19.5. The quantitative estimate of drug-likeness (QED) is 0.327. The normalized spacial score (nSPS) is 16.8. The van der Waals surface area contributed by atoms with E-state index in [2.05, 4.69) is 46.1 Å². The van der Waals surface area contributed by atoms with Gasteiger partial charge in [0.05, 0.1) is 0 Å². The van der Waals surface area contributed by atoms with Gasteiger partial charge in [-0.15, -0.1) is 0 Å². The molecule has 1 radical (unpaired) electrons. The molecule has 0 fully saturated rings. The molecule has 0 bridgehead atoms. The van der Waals surface area contributed by atoms with Crippen molar-refractivity contribution in [3.63, 3.8) is 0 Å². The van der Waals surface area contributed by atoms with E-state index in [0.29, 0.717) is 6.16 Å². The van der Waals surface area contributed by atoms with Crippen LogP contribution in [0.1, 0.15) is 13.3 Å². The molecule has 5 rings (SSSR count). The Labute approximate surface area is 184 Å². The average Bonchev–Trinajstić information content (AvgIpc) is 3.04. The van der Waals surface area contributed by atoms with E-state index in [4.69, 9.17) is 4.98 Å². The monoisotopic (exact) mass is 475 g/mol. The first-order chi connectivity index (χ1) is 14.6. The summed E-state index contributed by atoms with van der Waals surface area (Å²) in [6, 6.07) is 24.2. The summed E-state index contributed by atoms with van der Waals surface area (Å²) in [6.45, 7) is 2.09. The second-order valence-electron chi connectivity index (χ2n) is 7.47. The maximum atomic E-state index is 14.0. The number of benzene rings is 2. The van der Waals surface area contributed by atoms with Crippen LogP contribution in [-0.2, 0) is 4.57 Å². The van der Waals surface area contributed by atoms with E-state index in [0.717, 1.165) is 55.3 Å². The van der Waals surface area contributed by atoms with Crippen molar-refractivity contribution >= 4 is 38.2 Å². The molecule has 1 aliphatic rings. The van der Waals surface area contributed by atoms with E-state index in [-0.39, 0.29) is 0 Å². The minimum absolute atomic E-state index is 0.673. The Morgan fingerprint density at radius 2 is 1.67 bits per heavy atom. The van der Waals surface area contributed by atoms with Gasteiger partial charge in [-0.1, -0.05) is 0 Å². The number of nitrogens with zero attached hydrogens (tertiary/aromatic N) is 2. The van der Waals surface area contributed by atoms with E-state index in [1.54, 1.807) is 6.20 Å². The van der Waals surface area contributed by atoms with Crippen LogP contribution in [0.15, 0.2) is 79.0 Å². The molecular weight excluding hydrogens is 454 g/mol. The Balaban J connectivity index is 1.67. The van der Waals surface area contributed by atoms with E-state index >= 15 is 0 Å². The summed E-state index contributed by atoms with van der Waals surface area (Å²) in [6.07, 6.45) is 3.35. The molecule has 30 heavy (non-hydrogen) atoms. The molecule has 2 aromatic carbocycles. The van der Waals surface area contributed by atoms with Gasteiger partial charge in [-0.2, -0.15) is 0 Å². The average molecular weight is 474 g/mol. The summed E-state index contributed by atoms with van der Waals surface area (Å²) in [5.74, 6) is 0. The van der Waals surface area contributed by atoms with Crippen LogP contribution in [0, 0.1) is 0 Å². The van der Waals surface area contributed by atoms with Crippen LogP contribution in [0.4, 0.5) is 0 Å². The van der Waals surface area contributed by atoms with Crippen LogP contribution in [-0.4, -0.2) is 32.1 Å². The predicted octanol–water partition coefficient (Wildman–Crippen LogP) is 4.31. The van der Waals surface area contributed by atoms with Gasteiger partial charge in [-0.25, -0.2) is 0 Å². The maximum absolute atomic E-state index is 14.0. The van der Waals surface area contributed by atoms with E-state index in [1.807, 2.05) is 54.6 Å². The molecule has 0 saturated heterocycles. The van der Waals surface area contributed by atoms with Crippen molar-refractivity contribution in [2.75, 3.05) is 6.16 Å². The SMILES string of the molecule is CCCP1(=O)c2ccc(-c3cccc(-c4ccccn4)c3)nc2-c2c([Se])cccc21. The van der Waals surface area contributed by atoms with Crippen molar-refractivity contribution in [1.29, 1.82) is 0 Å². The first-order valence-corrected chi connectivity index (χ1v) is 12.8. The third-order valence-electron chi connectivity index (χ3n) is 5.55. The topological polar surface area (TPSA) is 42.9 Å². The fraction of sp³-hybridized carbons (Fsp3) is 0.120. The Kier molecular flexibility index (Phi) is 4.95. The molecule has 147 valence electrons. The van der Waals surface area contributed by atoms with E-state index in [9.17, 15) is 4.57 Å². The summed E-state index contributed by atoms with van der Waals surface area (Å²) in [4.78, 5) is 9.49. The second kappa shape index (κ2) is 7.63. The van der Waals surface area contributed by atoms with Gasteiger partial charge in [-0.05, 0) is 0 Å². The first-order valence-electron chi connectivity index (χ1n) is 10.1. The Bertz CT molecular complexity index is 1300. The number of fused-ring (bicyclic) bond motifs is 3. The van der Waals surface area contributed by atoms with Crippen molar-refractivity contribution in [2.24, 2.45) is 0 Å². The van der Waals surface area contributed by atoms with Gasteiger partial charge in [0.15, 0.2) is 0 Å². The van der Waals surface area contributed by atoms with Crippen molar-refractivity contribution in [1.82, 2.24) is 9.97 Å². The molecule has 0 spiro atoms. The van der Waals surface area contributed by atoms with Crippen molar-refractivity contribution in [3.8, 4) is 33.8 Å². The minimum atomic E-state index is -2.64. The molecule has 0 amide bonds. The Morgan fingerprint density at radius 3 is 2.43 bits per heavy atom. The summed E-state index contributed by atoms with van der Waals surface area (Å²) in [7, 11) is -2.64. The molecule has 1 unspecified atom stereocenters. The summed E-state index contributed by atoms with van der Waals surface area (Å²) >= 11 is 3.14. The van der Waals surface area contributed by atoms with Gasteiger partial charge in [-0.3, -0.25) is 0 Å². The number of aromatic nitrogens is 2. The molecule has 1 atom stereocenters. The van der Waals surface area contributed by atoms with Gasteiger partial charge < -0.3 is 0 Å². The molecular formula is C25H20N2OPSe. The Morgan fingerprint density at radius 1 is 0.867 bits per heavy atom. The van der Waals surface area contributed by atoms with Gasteiger partial charge in [0.25, 0.3) is 0 Å². The number of hydrogen-bond acceptors (Lipinski definition) is 3. The third-order valence-corrected chi connectivity index (χ3v) is 9.63. The van der Waals surface area contributed by atoms with Crippen LogP contribution in [0.2, 0.25) is 0 Å². The molecule has 5 heteroatoms. The third kappa shape index (κ3) is 3.08. The second-order valence-corrected chi connectivity index (χ2v) is 11.3. The fourth-order valence-corrected chi connectivity index (χ4v) is 8.08. The number of hydrogen-bond donors (Lipinski definition) is 0. The molecule has 1 aliphatic heterocycles. The van der Waals surface area contributed by atoms with E-state index < -0.39 is 7.14 Å². The standard InChI is InChI=1S/C25H20N2OPSe/c1-2-15-29(28)21-10-6-11-23(30)24(21)25-22(29)13-12-20(27-25)18-8-5-7-17(16-18)19-9-3-4-14-26-19/h3-14,16H,2,15H2,1H3. The van der Waals surface area contributed by atoms with Crippen LogP contribution in [0.25, 0.3) is 33.8 Å². The molecule has 0 saturated carbocycles. The van der Waals surface area contributed by atoms with Crippen LogP contribution in [0.5, 0.6) is 0 Å². The van der Waals surface area contributed by atoms with Crippen molar-refractivity contribution < 1.29 is 4.57 Å². The van der Waals surface area contributed by atoms with Crippen LogP contribution < -0.4 is 15.1 Å². The summed E-state index contributed by atoms with van der Waals surface area (Å²) in [5, 5.41) is 1.84. The molecule has 0 N–H and O–H groups in total. The molecule has 3 heterocycles. The number of pyridine rings is 2. The zero-order chi connectivity index (χ0) is 20.7. The zero-order valence-electron chi connectivity index (χ0n) is 16.6. The van der Waals surface area contributed by atoms with E-state index in [1.165, 1.54) is 0 Å². The van der Waals surface area contributed by atoms with Gasteiger partial charge in [0.2, 0.25) is 0 Å². The molecule has 4 aromatic rings. The van der Waals surface area contributed by atoms with Gasteiger partial charge >= 0.3 is 185 Å².